The van der Waals surface area contributed by atoms with Crippen LogP contribution in [0, 0.1) is 0 Å². The molecule has 0 unspecified atom stereocenters. The maximum atomic E-state index is 11.4. The van der Waals surface area contributed by atoms with Crippen LogP contribution >= 0.6 is 0 Å². The summed E-state index contributed by atoms with van der Waals surface area (Å²) in [6.45, 7) is 6.51. The van der Waals surface area contributed by atoms with Gasteiger partial charge >= 0.3 is 5.97 Å². The number of hydrogen-bond donors (Lipinski definition) is 0. The summed E-state index contributed by atoms with van der Waals surface area (Å²) in [7, 11) is 1.91. The SMILES string of the molecule is C=CCN(C)c1ccc(C(=O)OCC)cn1. The van der Waals surface area contributed by atoms with Gasteiger partial charge in [-0.25, -0.2) is 9.78 Å². The number of likely N-dealkylation sites (N-methyl/N-ethyl adjacent to an activating group) is 1. The van der Waals surface area contributed by atoms with Crippen LogP contribution in [0.15, 0.2) is 31.0 Å². The lowest BCUT2D eigenvalue weighted by atomic mass is 10.3. The highest BCUT2D eigenvalue weighted by Gasteiger charge is 2.07. The Morgan fingerprint density at radius 2 is 2.38 bits per heavy atom. The summed E-state index contributed by atoms with van der Waals surface area (Å²) in [5.74, 6) is 0.459. The summed E-state index contributed by atoms with van der Waals surface area (Å²) < 4.78 is 4.87. The van der Waals surface area contributed by atoms with Gasteiger partial charge in [0.15, 0.2) is 0 Å². The van der Waals surface area contributed by atoms with Crippen molar-refractivity contribution in [1.82, 2.24) is 4.98 Å². The lowest BCUT2D eigenvalue weighted by Gasteiger charge is -2.15. The third-order valence-electron chi connectivity index (χ3n) is 2.05. The van der Waals surface area contributed by atoms with Crippen LogP contribution in [-0.4, -0.2) is 31.2 Å². The minimum atomic E-state index is -0.340. The first kappa shape index (κ1) is 12.2. The maximum Gasteiger partial charge on any atom is 0.339 e. The van der Waals surface area contributed by atoms with E-state index in [1.165, 1.54) is 6.20 Å². The van der Waals surface area contributed by atoms with Crippen molar-refractivity contribution in [2.45, 2.75) is 6.92 Å². The molecule has 0 fully saturated rings. The second-order valence-corrected chi connectivity index (χ2v) is 3.29. The van der Waals surface area contributed by atoms with E-state index in [4.69, 9.17) is 4.74 Å². The zero-order chi connectivity index (χ0) is 12.0. The van der Waals surface area contributed by atoms with Gasteiger partial charge < -0.3 is 9.64 Å². The summed E-state index contributed by atoms with van der Waals surface area (Å²) in [5.41, 5.74) is 0.470. The highest BCUT2D eigenvalue weighted by molar-refractivity contribution is 5.89. The van der Waals surface area contributed by atoms with Crippen LogP contribution in [0.25, 0.3) is 0 Å². The molecule has 0 radical (unpaired) electrons. The van der Waals surface area contributed by atoms with Crippen molar-refractivity contribution in [3.8, 4) is 0 Å². The molecule has 0 N–H and O–H groups in total. The molecule has 0 aromatic carbocycles. The van der Waals surface area contributed by atoms with Gasteiger partial charge in [-0.05, 0) is 19.1 Å². The smallest absolute Gasteiger partial charge is 0.339 e. The van der Waals surface area contributed by atoms with Crippen molar-refractivity contribution in [2.24, 2.45) is 0 Å². The highest BCUT2D eigenvalue weighted by Crippen LogP contribution is 2.10. The standard InChI is InChI=1S/C12H16N2O2/c1-4-8-14(3)11-7-6-10(9-13-11)12(15)16-5-2/h4,6-7,9H,1,5,8H2,2-3H3. The van der Waals surface area contributed by atoms with E-state index in [1.807, 2.05) is 11.9 Å². The van der Waals surface area contributed by atoms with E-state index in [-0.39, 0.29) is 5.97 Å². The van der Waals surface area contributed by atoms with Gasteiger partial charge in [0.05, 0.1) is 12.2 Å². The largest absolute Gasteiger partial charge is 0.462 e. The summed E-state index contributed by atoms with van der Waals surface area (Å²) in [4.78, 5) is 17.5. The molecule has 86 valence electrons. The Morgan fingerprint density at radius 1 is 1.62 bits per heavy atom. The molecule has 1 rings (SSSR count). The minimum Gasteiger partial charge on any atom is -0.462 e. The predicted octanol–water partition coefficient (Wildman–Crippen LogP) is 1.88. The second kappa shape index (κ2) is 5.90. The van der Waals surface area contributed by atoms with E-state index in [9.17, 15) is 4.79 Å². The molecule has 1 heterocycles. The number of esters is 1. The number of anilines is 1. The fourth-order valence-corrected chi connectivity index (χ4v) is 1.23. The highest BCUT2D eigenvalue weighted by atomic mass is 16.5. The van der Waals surface area contributed by atoms with E-state index in [0.29, 0.717) is 18.7 Å². The first-order valence-corrected chi connectivity index (χ1v) is 5.14. The molecular weight excluding hydrogens is 204 g/mol. The predicted molar refractivity (Wildman–Crippen MR) is 63.7 cm³/mol. The summed E-state index contributed by atoms with van der Waals surface area (Å²) in [6.07, 6.45) is 3.31. The molecule has 0 amide bonds. The van der Waals surface area contributed by atoms with Crippen molar-refractivity contribution < 1.29 is 9.53 Å². The molecule has 0 saturated heterocycles. The van der Waals surface area contributed by atoms with Gasteiger partial charge in [0.1, 0.15) is 5.82 Å². The third-order valence-corrected chi connectivity index (χ3v) is 2.05. The number of carbonyl (C=O) groups is 1. The molecule has 0 aliphatic heterocycles. The van der Waals surface area contributed by atoms with Gasteiger partial charge in [0, 0.05) is 19.8 Å². The van der Waals surface area contributed by atoms with E-state index in [1.54, 1.807) is 25.1 Å². The van der Waals surface area contributed by atoms with Gasteiger partial charge in [-0.3, -0.25) is 0 Å². The first-order valence-electron chi connectivity index (χ1n) is 5.14. The van der Waals surface area contributed by atoms with E-state index in [2.05, 4.69) is 11.6 Å². The van der Waals surface area contributed by atoms with Crippen LogP contribution < -0.4 is 4.90 Å². The first-order chi connectivity index (χ1) is 7.69. The molecule has 0 atom stereocenters. The number of hydrogen-bond acceptors (Lipinski definition) is 4. The van der Waals surface area contributed by atoms with Crippen LogP contribution in [0.1, 0.15) is 17.3 Å². The van der Waals surface area contributed by atoms with Crippen LogP contribution in [-0.2, 0) is 4.74 Å². The molecular formula is C12H16N2O2. The molecule has 1 aromatic heterocycles. The number of pyridine rings is 1. The van der Waals surface area contributed by atoms with Crippen molar-refractivity contribution >= 4 is 11.8 Å². The topological polar surface area (TPSA) is 42.4 Å². The van der Waals surface area contributed by atoms with E-state index < -0.39 is 0 Å². The molecule has 4 heteroatoms. The fourth-order valence-electron chi connectivity index (χ4n) is 1.23. The Morgan fingerprint density at radius 3 is 2.88 bits per heavy atom. The number of rotatable bonds is 5. The zero-order valence-corrected chi connectivity index (χ0v) is 9.64. The lowest BCUT2D eigenvalue weighted by Crippen LogP contribution is -2.18. The Balaban J connectivity index is 2.74. The molecule has 0 aliphatic carbocycles. The van der Waals surface area contributed by atoms with Crippen LogP contribution in [0.4, 0.5) is 5.82 Å². The number of aromatic nitrogens is 1. The normalized spacial score (nSPS) is 9.62. The average Bonchev–Trinajstić information content (AvgIpc) is 2.30. The van der Waals surface area contributed by atoms with Crippen molar-refractivity contribution in [2.75, 3.05) is 25.1 Å². The van der Waals surface area contributed by atoms with Crippen molar-refractivity contribution in [3.05, 3.63) is 36.5 Å². The maximum absolute atomic E-state index is 11.4. The van der Waals surface area contributed by atoms with Gasteiger partial charge in [0.25, 0.3) is 0 Å². The molecule has 0 spiro atoms. The molecule has 16 heavy (non-hydrogen) atoms. The van der Waals surface area contributed by atoms with Gasteiger partial charge in [-0.1, -0.05) is 6.08 Å². The Hall–Kier alpha value is -1.84. The van der Waals surface area contributed by atoms with Gasteiger partial charge in [-0.15, -0.1) is 6.58 Å². The minimum absolute atomic E-state index is 0.340. The van der Waals surface area contributed by atoms with Crippen molar-refractivity contribution in [1.29, 1.82) is 0 Å². The molecule has 4 nitrogen and oxygen atoms in total. The summed E-state index contributed by atoms with van der Waals surface area (Å²) >= 11 is 0. The Kier molecular flexibility index (Phi) is 4.51. The van der Waals surface area contributed by atoms with E-state index in [0.717, 1.165) is 5.82 Å². The zero-order valence-electron chi connectivity index (χ0n) is 9.64. The molecule has 0 bridgehead atoms. The van der Waals surface area contributed by atoms with Crippen LogP contribution in [0.3, 0.4) is 0 Å². The third kappa shape index (κ3) is 3.08. The summed E-state index contributed by atoms with van der Waals surface area (Å²) in [5, 5.41) is 0. The lowest BCUT2D eigenvalue weighted by molar-refractivity contribution is 0.0526. The van der Waals surface area contributed by atoms with Gasteiger partial charge in [-0.2, -0.15) is 0 Å². The van der Waals surface area contributed by atoms with Gasteiger partial charge in [0.2, 0.25) is 0 Å². The molecule has 1 aromatic rings. The van der Waals surface area contributed by atoms with Crippen LogP contribution in [0.5, 0.6) is 0 Å². The average molecular weight is 220 g/mol. The molecule has 0 saturated carbocycles. The van der Waals surface area contributed by atoms with Crippen molar-refractivity contribution in [3.63, 3.8) is 0 Å². The Bertz CT molecular complexity index is 360. The monoisotopic (exact) mass is 220 g/mol. The second-order valence-electron chi connectivity index (χ2n) is 3.29. The summed E-state index contributed by atoms with van der Waals surface area (Å²) in [6, 6.07) is 3.50. The molecule has 0 aliphatic rings. The number of carbonyl (C=O) groups excluding carboxylic acids is 1. The number of nitrogens with zero attached hydrogens (tertiary/aromatic N) is 2. The fraction of sp³-hybridized carbons (Fsp3) is 0.333. The van der Waals surface area contributed by atoms with Crippen LogP contribution in [0.2, 0.25) is 0 Å². The quantitative estimate of drug-likeness (QED) is 0.561. The Labute approximate surface area is 95.6 Å². The number of ether oxygens (including phenoxy) is 1. The van der Waals surface area contributed by atoms with E-state index >= 15 is 0 Å².